The van der Waals surface area contributed by atoms with E-state index in [1.54, 1.807) is 0 Å². The van der Waals surface area contributed by atoms with Gasteiger partial charge in [-0.05, 0) is 12.8 Å². The first-order valence-electron chi connectivity index (χ1n) is 5.23. The van der Waals surface area contributed by atoms with Gasteiger partial charge in [-0.3, -0.25) is 0 Å². The average Bonchev–Trinajstić information content (AvgIpc) is 2.23. The van der Waals surface area contributed by atoms with Crippen LogP contribution in [0, 0.1) is 12.3 Å². The molecule has 0 aromatic rings. The molecule has 0 unspecified atom stereocenters. The maximum Gasteiger partial charge on any atom is 0.407 e. The number of nitrogens with one attached hydrogen (secondary N) is 1. The molecule has 0 bridgehead atoms. The quantitative estimate of drug-likeness (QED) is 0.491. The minimum Gasteiger partial charge on any atom is -0.450 e. The highest BCUT2D eigenvalue weighted by Gasteiger charge is 1.99. The lowest BCUT2D eigenvalue weighted by atomic mass is 10.4. The number of hydrogen-bond acceptors (Lipinski definition) is 3. The second-order valence-electron chi connectivity index (χ2n) is 3.03. The topological polar surface area (TPSA) is 47.6 Å². The summed E-state index contributed by atoms with van der Waals surface area (Å²) in [5.74, 6) is 2.37. The van der Waals surface area contributed by atoms with Crippen molar-refractivity contribution in [2.45, 2.75) is 26.2 Å². The van der Waals surface area contributed by atoms with E-state index < -0.39 is 0 Å². The molecule has 0 rings (SSSR count). The SMILES string of the molecule is C#CCOCCCNC(=O)OCCCC. The molecule has 0 aliphatic rings. The number of carbonyl (C=O) groups excluding carboxylic acids is 1. The van der Waals surface area contributed by atoms with Gasteiger partial charge in [-0.1, -0.05) is 19.3 Å². The fourth-order valence-electron chi connectivity index (χ4n) is 0.856. The molecule has 0 radical (unpaired) electrons. The van der Waals surface area contributed by atoms with Gasteiger partial charge in [0.1, 0.15) is 6.61 Å². The highest BCUT2D eigenvalue weighted by atomic mass is 16.5. The van der Waals surface area contributed by atoms with Gasteiger partial charge in [0, 0.05) is 13.2 Å². The van der Waals surface area contributed by atoms with E-state index >= 15 is 0 Å². The summed E-state index contributed by atoms with van der Waals surface area (Å²) >= 11 is 0. The molecule has 1 N–H and O–H groups in total. The van der Waals surface area contributed by atoms with Gasteiger partial charge in [0.15, 0.2) is 0 Å². The van der Waals surface area contributed by atoms with Gasteiger partial charge in [-0.15, -0.1) is 6.42 Å². The number of hydrogen-bond donors (Lipinski definition) is 1. The van der Waals surface area contributed by atoms with E-state index in [0.717, 1.165) is 19.3 Å². The van der Waals surface area contributed by atoms with Gasteiger partial charge in [0.25, 0.3) is 0 Å². The zero-order valence-corrected chi connectivity index (χ0v) is 9.25. The van der Waals surface area contributed by atoms with Crippen LogP contribution in [-0.2, 0) is 9.47 Å². The van der Waals surface area contributed by atoms with Crippen LogP contribution in [-0.4, -0.2) is 32.5 Å². The number of ether oxygens (including phenoxy) is 2. The molecule has 0 aromatic carbocycles. The Kier molecular flexibility index (Phi) is 9.99. The largest absolute Gasteiger partial charge is 0.450 e. The zero-order valence-electron chi connectivity index (χ0n) is 9.25. The highest BCUT2D eigenvalue weighted by Crippen LogP contribution is 1.88. The zero-order chi connectivity index (χ0) is 11.4. The summed E-state index contributed by atoms with van der Waals surface area (Å²) in [7, 11) is 0. The highest BCUT2D eigenvalue weighted by molar-refractivity contribution is 5.66. The van der Waals surface area contributed by atoms with Gasteiger partial charge in [-0.2, -0.15) is 0 Å². The minimum absolute atomic E-state index is 0.320. The van der Waals surface area contributed by atoms with Gasteiger partial charge >= 0.3 is 6.09 Å². The molecule has 0 spiro atoms. The van der Waals surface area contributed by atoms with E-state index in [0.29, 0.717) is 26.4 Å². The third kappa shape index (κ3) is 10.7. The fourth-order valence-corrected chi connectivity index (χ4v) is 0.856. The monoisotopic (exact) mass is 213 g/mol. The molecular weight excluding hydrogens is 194 g/mol. The summed E-state index contributed by atoms with van der Waals surface area (Å²) in [5, 5.41) is 2.63. The molecular formula is C11H19NO3. The van der Waals surface area contributed by atoms with Crippen LogP contribution < -0.4 is 5.32 Å². The molecule has 86 valence electrons. The predicted molar refractivity (Wildman–Crippen MR) is 58.5 cm³/mol. The Balaban J connectivity index is 3.14. The Morgan fingerprint density at radius 3 is 2.87 bits per heavy atom. The van der Waals surface area contributed by atoms with Crippen LogP contribution in [0.3, 0.4) is 0 Å². The van der Waals surface area contributed by atoms with E-state index in [4.69, 9.17) is 15.9 Å². The number of alkyl carbamates (subject to hydrolysis) is 1. The maximum atomic E-state index is 11.0. The fraction of sp³-hybridized carbons (Fsp3) is 0.727. The summed E-state index contributed by atoms with van der Waals surface area (Å²) in [6.07, 6.45) is 7.30. The Hall–Kier alpha value is -1.21. The molecule has 1 amide bonds. The van der Waals surface area contributed by atoms with Crippen molar-refractivity contribution < 1.29 is 14.3 Å². The predicted octanol–water partition coefficient (Wildman–Crippen LogP) is 1.55. The van der Waals surface area contributed by atoms with E-state index in [1.165, 1.54) is 0 Å². The number of rotatable bonds is 8. The van der Waals surface area contributed by atoms with Crippen molar-refractivity contribution in [3.8, 4) is 12.3 Å². The molecule has 0 atom stereocenters. The first kappa shape index (κ1) is 13.8. The van der Waals surface area contributed by atoms with Crippen molar-refractivity contribution in [2.75, 3.05) is 26.4 Å². The Morgan fingerprint density at radius 1 is 1.40 bits per heavy atom. The van der Waals surface area contributed by atoms with Crippen molar-refractivity contribution in [1.29, 1.82) is 0 Å². The molecule has 4 nitrogen and oxygen atoms in total. The first-order chi connectivity index (χ1) is 7.31. The number of carbonyl (C=O) groups is 1. The van der Waals surface area contributed by atoms with Crippen molar-refractivity contribution in [2.24, 2.45) is 0 Å². The standard InChI is InChI=1S/C11H19NO3/c1-3-5-10-15-11(13)12-7-6-9-14-8-4-2/h2H,3,5-10H2,1H3,(H,12,13). The van der Waals surface area contributed by atoms with Crippen LogP contribution in [0.15, 0.2) is 0 Å². The van der Waals surface area contributed by atoms with Gasteiger partial charge in [0.05, 0.1) is 6.61 Å². The third-order valence-electron chi connectivity index (χ3n) is 1.65. The lowest BCUT2D eigenvalue weighted by Crippen LogP contribution is -2.26. The number of terminal acetylenes is 1. The molecule has 0 heterocycles. The maximum absolute atomic E-state index is 11.0. The van der Waals surface area contributed by atoms with E-state index in [9.17, 15) is 4.79 Å². The Morgan fingerprint density at radius 2 is 2.20 bits per heavy atom. The van der Waals surface area contributed by atoms with Crippen LogP contribution in [0.1, 0.15) is 26.2 Å². The van der Waals surface area contributed by atoms with Crippen LogP contribution >= 0.6 is 0 Å². The van der Waals surface area contributed by atoms with Gasteiger partial charge in [-0.25, -0.2) is 4.79 Å². The summed E-state index contributed by atoms with van der Waals surface area (Å²) in [6, 6.07) is 0. The lowest BCUT2D eigenvalue weighted by Gasteiger charge is -2.05. The molecule has 0 fully saturated rings. The molecule has 0 aromatic heterocycles. The van der Waals surface area contributed by atoms with Crippen molar-refractivity contribution in [3.63, 3.8) is 0 Å². The van der Waals surface area contributed by atoms with E-state index in [-0.39, 0.29) is 6.09 Å². The molecule has 0 saturated heterocycles. The van der Waals surface area contributed by atoms with E-state index in [1.807, 2.05) is 6.92 Å². The molecule has 0 aliphatic heterocycles. The Labute approximate surface area is 91.3 Å². The van der Waals surface area contributed by atoms with Crippen molar-refractivity contribution in [1.82, 2.24) is 5.32 Å². The summed E-state index contributed by atoms with van der Waals surface area (Å²) in [5.41, 5.74) is 0. The van der Waals surface area contributed by atoms with Crippen LogP contribution in [0.2, 0.25) is 0 Å². The van der Waals surface area contributed by atoms with Crippen LogP contribution in [0.25, 0.3) is 0 Å². The van der Waals surface area contributed by atoms with E-state index in [2.05, 4.69) is 11.2 Å². The lowest BCUT2D eigenvalue weighted by molar-refractivity contribution is 0.139. The second kappa shape index (κ2) is 10.9. The number of unbranched alkanes of at least 4 members (excludes halogenated alkanes) is 1. The molecule has 0 aliphatic carbocycles. The van der Waals surface area contributed by atoms with Crippen LogP contribution in [0.4, 0.5) is 4.79 Å². The summed E-state index contributed by atoms with van der Waals surface area (Å²) < 4.78 is 9.92. The average molecular weight is 213 g/mol. The van der Waals surface area contributed by atoms with Crippen molar-refractivity contribution >= 4 is 6.09 Å². The summed E-state index contributed by atoms with van der Waals surface area (Å²) in [6.45, 7) is 3.95. The molecule has 15 heavy (non-hydrogen) atoms. The normalized spacial score (nSPS) is 9.33. The number of amides is 1. The van der Waals surface area contributed by atoms with Crippen molar-refractivity contribution in [3.05, 3.63) is 0 Å². The third-order valence-corrected chi connectivity index (χ3v) is 1.65. The Bertz CT molecular complexity index is 198. The minimum atomic E-state index is -0.361. The molecule has 0 saturated carbocycles. The second-order valence-corrected chi connectivity index (χ2v) is 3.03. The van der Waals surface area contributed by atoms with Gasteiger partial charge in [0.2, 0.25) is 0 Å². The van der Waals surface area contributed by atoms with Crippen LogP contribution in [0.5, 0.6) is 0 Å². The smallest absolute Gasteiger partial charge is 0.407 e. The van der Waals surface area contributed by atoms with Gasteiger partial charge < -0.3 is 14.8 Å². The molecule has 4 heteroatoms. The summed E-state index contributed by atoms with van der Waals surface area (Å²) in [4.78, 5) is 11.0. The first-order valence-corrected chi connectivity index (χ1v) is 5.23.